The van der Waals surface area contributed by atoms with E-state index >= 15 is 0 Å². The Morgan fingerprint density at radius 3 is 2.69 bits per heavy atom. The van der Waals surface area contributed by atoms with Gasteiger partial charge in [0.05, 0.1) is 12.1 Å². The van der Waals surface area contributed by atoms with Crippen LogP contribution in [0.1, 0.15) is 30.9 Å². The van der Waals surface area contributed by atoms with E-state index in [0.717, 1.165) is 11.7 Å². The minimum absolute atomic E-state index is 0.430. The standard InChI is InChI=1S/C13H18ClNO/c1-15-13(9-4-3-5-9)10-6-7-11(14)12(8-10)16-2/h6-9,13,15H,3-5H2,1-2H3. The van der Waals surface area contributed by atoms with E-state index in [0.29, 0.717) is 11.1 Å². The summed E-state index contributed by atoms with van der Waals surface area (Å²) in [6.45, 7) is 0. The molecule has 1 N–H and O–H groups in total. The maximum atomic E-state index is 6.03. The minimum Gasteiger partial charge on any atom is -0.495 e. The van der Waals surface area contributed by atoms with E-state index in [4.69, 9.17) is 16.3 Å². The SMILES string of the molecule is CNC(c1ccc(Cl)c(OC)c1)C1CCC1. The van der Waals surface area contributed by atoms with Crippen molar-refractivity contribution in [2.45, 2.75) is 25.3 Å². The maximum absolute atomic E-state index is 6.03. The molecule has 0 amide bonds. The van der Waals surface area contributed by atoms with Gasteiger partial charge in [0, 0.05) is 6.04 Å². The summed E-state index contributed by atoms with van der Waals surface area (Å²) in [7, 11) is 3.67. The van der Waals surface area contributed by atoms with Gasteiger partial charge in [0.25, 0.3) is 0 Å². The molecule has 1 saturated carbocycles. The Labute approximate surface area is 102 Å². The number of benzene rings is 1. The predicted molar refractivity (Wildman–Crippen MR) is 67.1 cm³/mol. The molecule has 2 nitrogen and oxygen atoms in total. The van der Waals surface area contributed by atoms with E-state index in [2.05, 4.69) is 11.4 Å². The molecule has 0 saturated heterocycles. The molecular formula is C13H18ClNO. The van der Waals surface area contributed by atoms with Gasteiger partial charge in [-0.2, -0.15) is 0 Å². The summed E-state index contributed by atoms with van der Waals surface area (Å²) < 4.78 is 5.25. The average molecular weight is 240 g/mol. The molecule has 2 rings (SSSR count). The summed E-state index contributed by atoms with van der Waals surface area (Å²) in [5, 5.41) is 4.07. The fourth-order valence-electron chi connectivity index (χ4n) is 2.32. The molecule has 0 aliphatic heterocycles. The van der Waals surface area contributed by atoms with E-state index in [1.807, 2.05) is 19.2 Å². The van der Waals surface area contributed by atoms with Gasteiger partial charge in [-0.15, -0.1) is 0 Å². The van der Waals surface area contributed by atoms with Gasteiger partial charge in [0.15, 0.2) is 0 Å². The topological polar surface area (TPSA) is 21.3 Å². The Balaban J connectivity index is 2.23. The summed E-state index contributed by atoms with van der Waals surface area (Å²) in [5.74, 6) is 1.52. The zero-order valence-corrected chi connectivity index (χ0v) is 10.6. The molecule has 0 heterocycles. The summed E-state index contributed by atoms with van der Waals surface area (Å²) in [6, 6.07) is 6.48. The second-order valence-corrected chi connectivity index (χ2v) is 4.76. The van der Waals surface area contributed by atoms with Gasteiger partial charge >= 0.3 is 0 Å². The highest BCUT2D eigenvalue weighted by Crippen LogP contribution is 2.39. The van der Waals surface area contributed by atoms with Crippen LogP contribution in [0.25, 0.3) is 0 Å². The fraction of sp³-hybridized carbons (Fsp3) is 0.538. The van der Waals surface area contributed by atoms with E-state index in [1.54, 1.807) is 7.11 Å². The molecule has 0 bridgehead atoms. The molecule has 1 aliphatic rings. The van der Waals surface area contributed by atoms with Crippen molar-refractivity contribution < 1.29 is 4.74 Å². The van der Waals surface area contributed by atoms with E-state index in [1.165, 1.54) is 24.8 Å². The van der Waals surface area contributed by atoms with Crippen molar-refractivity contribution in [3.63, 3.8) is 0 Å². The fourth-order valence-corrected chi connectivity index (χ4v) is 2.51. The Kier molecular flexibility index (Phi) is 3.72. The lowest BCUT2D eigenvalue weighted by Crippen LogP contribution is -2.29. The van der Waals surface area contributed by atoms with Crippen molar-refractivity contribution in [3.05, 3.63) is 28.8 Å². The lowest BCUT2D eigenvalue weighted by molar-refractivity contribution is 0.239. The van der Waals surface area contributed by atoms with E-state index in [9.17, 15) is 0 Å². The van der Waals surface area contributed by atoms with Gasteiger partial charge in [-0.1, -0.05) is 24.1 Å². The van der Waals surface area contributed by atoms with Crippen molar-refractivity contribution in [3.8, 4) is 5.75 Å². The first-order valence-electron chi connectivity index (χ1n) is 5.77. The Bertz CT molecular complexity index is 363. The molecule has 1 fully saturated rings. The number of halogens is 1. The molecule has 0 spiro atoms. The molecular weight excluding hydrogens is 222 g/mol. The molecule has 0 radical (unpaired) electrons. The van der Waals surface area contributed by atoms with Gasteiger partial charge in [-0.25, -0.2) is 0 Å². The largest absolute Gasteiger partial charge is 0.495 e. The summed E-state index contributed by atoms with van der Waals surface area (Å²) in [5.41, 5.74) is 1.27. The monoisotopic (exact) mass is 239 g/mol. The Hall–Kier alpha value is -0.730. The second kappa shape index (κ2) is 5.07. The molecule has 16 heavy (non-hydrogen) atoms. The van der Waals surface area contributed by atoms with Gasteiger partial charge < -0.3 is 10.1 Å². The molecule has 1 atom stereocenters. The van der Waals surface area contributed by atoms with Crippen LogP contribution in [-0.4, -0.2) is 14.2 Å². The Morgan fingerprint density at radius 1 is 1.44 bits per heavy atom. The highest BCUT2D eigenvalue weighted by molar-refractivity contribution is 6.32. The highest BCUT2D eigenvalue weighted by Gasteiger charge is 2.27. The second-order valence-electron chi connectivity index (χ2n) is 4.35. The van der Waals surface area contributed by atoms with Crippen LogP contribution in [-0.2, 0) is 0 Å². The number of rotatable bonds is 4. The first kappa shape index (κ1) is 11.7. The number of hydrogen-bond donors (Lipinski definition) is 1. The quantitative estimate of drug-likeness (QED) is 0.870. The summed E-state index contributed by atoms with van der Waals surface area (Å²) in [4.78, 5) is 0. The normalized spacial score (nSPS) is 17.9. The molecule has 88 valence electrons. The van der Waals surface area contributed by atoms with Crippen LogP contribution in [0.4, 0.5) is 0 Å². The van der Waals surface area contributed by atoms with Crippen LogP contribution in [0.3, 0.4) is 0 Å². The van der Waals surface area contributed by atoms with Crippen molar-refractivity contribution in [2.75, 3.05) is 14.2 Å². The van der Waals surface area contributed by atoms with Gasteiger partial charge in [-0.05, 0) is 43.5 Å². The van der Waals surface area contributed by atoms with E-state index < -0.39 is 0 Å². The maximum Gasteiger partial charge on any atom is 0.137 e. The number of ether oxygens (including phenoxy) is 1. The zero-order valence-electron chi connectivity index (χ0n) is 9.79. The summed E-state index contributed by atoms with van der Waals surface area (Å²) >= 11 is 6.03. The smallest absolute Gasteiger partial charge is 0.137 e. The van der Waals surface area contributed by atoms with E-state index in [-0.39, 0.29) is 0 Å². The van der Waals surface area contributed by atoms with Crippen LogP contribution in [0.2, 0.25) is 5.02 Å². The minimum atomic E-state index is 0.430. The molecule has 3 heteroatoms. The number of methoxy groups -OCH3 is 1. The van der Waals surface area contributed by atoms with Crippen molar-refractivity contribution in [1.29, 1.82) is 0 Å². The highest BCUT2D eigenvalue weighted by atomic mass is 35.5. The van der Waals surface area contributed by atoms with Crippen LogP contribution in [0, 0.1) is 5.92 Å². The third-order valence-electron chi connectivity index (χ3n) is 3.47. The molecule has 0 aromatic heterocycles. The van der Waals surface area contributed by atoms with Crippen LogP contribution in [0.15, 0.2) is 18.2 Å². The average Bonchev–Trinajstić information content (AvgIpc) is 2.24. The third kappa shape index (κ3) is 2.18. The molecule has 1 unspecified atom stereocenters. The molecule has 1 aromatic carbocycles. The van der Waals surface area contributed by atoms with Gasteiger partial charge in [0.2, 0.25) is 0 Å². The lowest BCUT2D eigenvalue weighted by Gasteiger charge is -2.34. The number of hydrogen-bond acceptors (Lipinski definition) is 2. The van der Waals surface area contributed by atoms with Crippen molar-refractivity contribution in [1.82, 2.24) is 5.32 Å². The van der Waals surface area contributed by atoms with Crippen LogP contribution >= 0.6 is 11.6 Å². The molecule has 1 aromatic rings. The van der Waals surface area contributed by atoms with Crippen LogP contribution < -0.4 is 10.1 Å². The van der Waals surface area contributed by atoms with Crippen LogP contribution in [0.5, 0.6) is 5.75 Å². The third-order valence-corrected chi connectivity index (χ3v) is 3.78. The predicted octanol–water partition coefficient (Wildman–Crippen LogP) is 3.41. The lowest BCUT2D eigenvalue weighted by atomic mass is 9.77. The summed E-state index contributed by atoms with van der Waals surface area (Å²) in [6.07, 6.45) is 3.99. The zero-order chi connectivity index (χ0) is 11.5. The molecule has 1 aliphatic carbocycles. The first-order chi connectivity index (χ1) is 7.76. The van der Waals surface area contributed by atoms with Gasteiger partial charge in [0.1, 0.15) is 5.75 Å². The number of nitrogens with one attached hydrogen (secondary N) is 1. The van der Waals surface area contributed by atoms with Crippen molar-refractivity contribution >= 4 is 11.6 Å². The first-order valence-corrected chi connectivity index (χ1v) is 6.14. The van der Waals surface area contributed by atoms with Gasteiger partial charge in [-0.3, -0.25) is 0 Å². The van der Waals surface area contributed by atoms with Crippen molar-refractivity contribution in [2.24, 2.45) is 5.92 Å². The Morgan fingerprint density at radius 2 is 2.19 bits per heavy atom.